The normalized spacial score (nSPS) is 12.7. The van der Waals surface area contributed by atoms with Crippen LogP contribution in [-0.2, 0) is 17.4 Å². The summed E-state index contributed by atoms with van der Waals surface area (Å²) in [7, 11) is 0. The van der Waals surface area contributed by atoms with Crippen molar-refractivity contribution in [3.05, 3.63) is 76.2 Å². The van der Waals surface area contributed by atoms with Crippen LogP contribution in [0.4, 0.5) is 13.2 Å². The molecule has 3 rings (SSSR count). The average Bonchev–Trinajstić information content (AvgIpc) is 2.70. The van der Waals surface area contributed by atoms with E-state index in [1.165, 1.54) is 18.2 Å². The molecule has 1 amide bonds. The van der Waals surface area contributed by atoms with Gasteiger partial charge < -0.3 is 5.32 Å². The fourth-order valence-corrected chi connectivity index (χ4v) is 3.23. The van der Waals surface area contributed by atoms with Crippen molar-refractivity contribution in [2.24, 2.45) is 0 Å². The quantitative estimate of drug-likeness (QED) is 0.682. The number of rotatable bonds is 6. The van der Waals surface area contributed by atoms with Crippen LogP contribution >= 0.6 is 0 Å². The number of alkyl halides is 3. The van der Waals surface area contributed by atoms with Crippen LogP contribution in [0.5, 0.6) is 0 Å². The monoisotopic (exact) mass is 403 g/mol. The van der Waals surface area contributed by atoms with Crippen molar-refractivity contribution in [1.29, 1.82) is 0 Å². The molecule has 0 aliphatic carbocycles. The molecule has 1 atom stereocenters. The first-order valence-electron chi connectivity index (χ1n) is 9.23. The minimum atomic E-state index is -4.91. The van der Waals surface area contributed by atoms with Crippen molar-refractivity contribution >= 4 is 16.9 Å². The van der Waals surface area contributed by atoms with Gasteiger partial charge in [0.05, 0.1) is 11.0 Å². The number of para-hydroxylation sites is 2. The van der Waals surface area contributed by atoms with Crippen molar-refractivity contribution < 1.29 is 18.0 Å². The van der Waals surface area contributed by atoms with Crippen LogP contribution in [-0.4, -0.2) is 22.0 Å². The van der Waals surface area contributed by atoms with Crippen LogP contribution in [0.1, 0.15) is 30.6 Å². The van der Waals surface area contributed by atoms with Crippen molar-refractivity contribution in [2.75, 3.05) is 6.54 Å². The number of hydrogen-bond donors (Lipinski definition) is 1. The predicted molar refractivity (Wildman–Crippen MR) is 103 cm³/mol. The predicted octanol–water partition coefficient (Wildman–Crippen LogP) is 3.73. The largest absolute Gasteiger partial charge is 0.438 e. The summed E-state index contributed by atoms with van der Waals surface area (Å²) in [5.74, 6) is -0.505. The summed E-state index contributed by atoms with van der Waals surface area (Å²) in [5, 5.41) is 2.73. The third-order valence-corrected chi connectivity index (χ3v) is 4.62. The standard InChI is InChI=1S/C21H20F3N3O2/c1-2-16(19(28)25-13-12-14-8-4-3-5-9-14)27-17-11-7-6-10-15(17)26-18(20(27)29)21(22,23)24/h3-11,16H,2,12-13H2,1H3,(H,25,28). The van der Waals surface area contributed by atoms with Crippen LogP contribution in [0.15, 0.2) is 59.4 Å². The van der Waals surface area contributed by atoms with Crippen LogP contribution in [0.25, 0.3) is 11.0 Å². The second kappa shape index (κ2) is 8.46. The Kier molecular flexibility index (Phi) is 6.00. The fourth-order valence-electron chi connectivity index (χ4n) is 3.23. The summed E-state index contributed by atoms with van der Waals surface area (Å²) in [6, 6.07) is 14.4. The molecule has 0 saturated carbocycles. The average molecular weight is 403 g/mol. The Morgan fingerprint density at radius 3 is 2.41 bits per heavy atom. The maximum atomic E-state index is 13.3. The summed E-state index contributed by atoms with van der Waals surface area (Å²) in [5.41, 5.74) is -1.62. The number of carbonyl (C=O) groups excluding carboxylic acids is 1. The van der Waals surface area contributed by atoms with E-state index in [-0.39, 0.29) is 17.5 Å². The third kappa shape index (κ3) is 4.47. The Labute approximate surface area is 165 Å². The van der Waals surface area contributed by atoms with Crippen molar-refractivity contribution in [1.82, 2.24) is 14.9 Å². The van der Waals surface area contributed by atoms with Gasteiger partial charge in [0, 0.05) is 6.54 Å². The van der Waals surface area contributed by atoms with Gasteiger partial charge in [-0.15, -0.1) is 0 Å². The number of halogens is 3. The highest BCUT2D eigenvalue weighted by Crippen LogP contribution is 2.27. The van der Waals surface area contributed by atoms with Crippen molar-refractivity contribution in [2.45, 2.75) is 32.0 Å². The first-order chi connectivity index (χ1) is 13.8. The summed E-state index contributed by atoms with van der Waals surface area (Å²) >= 11 is 0. The van der Waals surface area contributed by atoms with Crippen molar-refractivity contribution in [3.8, 4) is 0 Å². The van der Waals surface area contributed by atoms with E-state index in [1.807, 2.05) is 30.3 Å². The number of fused-ring (bicyclic) bond motifs is 1. The van der Waals surface area contributed by atoms with E-state index in [1.54, 1.807) is 13.0 Å². The summed E-state index contributed by atoms with van der Waals surface area (Å²) in [6.45, 7) is 1.96. The van der Waals surface area contributed by atoms with E-state index in [4.69, 9.17) is 0 Å². The number of nitrogens with one attached hydrogen (secondary N) is 1. The lowest BCUT2D eigenvalue weighted by molar-refractivity contribution is -0.142. The Balaban J connectivity index is 1.94. The van der Waals surface area contributed by atoms with E-state index < -0.39 is 29.4 Å². The second-order valence-electron chi connectivity index (χ2n) is 6.57. The molecule has 1 unspecified atom stereocenters. The zero-order valence-electron chi connectivity index (χ0n) is 15.7. The highest BCUT2D eigenvalue weighted by atomic mass is 19.4. The second-order valence-corrected chi connectivity index (χ2v) is 6.57. The zero-order valence-corrected chi connectivity index (χ0v) is 15.7. The maximum Gasteiger partial charge on any atom is 0.438 e. The molecule has 152 valence electrons. The number of amides is 1. The Morgan fingerprint density at radius 1 is 1.10 bits per heavy atom. The van der Waals surface area contributed by atoms with E-state index in [9.17, 15) is 22.8 Å². The van der Waals surface area contributed by atoms with Gasteiger partial charge in [0.15, 0.2) is 0 Å². The first kappa shape index (κ1) is 20.6. The van der Waals surface area contributed by atoms with E-state index in [0.29, 0.717) is 13.0 Å². The molecule has 0 aliphatic heterocycles. The van der Waals surface area contributed by atoms with Gasteiger partial charge in [-0.25, -0.2) is 4.98 Å². The van der Waals surface area contributed by atoms with E-state index >= 15 is 0 Å². The lowest BCUT2D eigenvalue weighted by Crippen LogP contribution is -2.40. The highest BCUT2D eigenvalue weighted by molar-refractivity contribution is 5.83. The van der Waals surface area contributed by atoms with Gasteiger partial charge in [0.25, 0.3) is 5.56 Å². The number of hydrogen-bond acceptors (Lipinski definition) is 3. The van der Waals surface area contributed by atoms with Gasteiger partial charge >= 0.3 is 6.18 Å². The van der Waals surface area contributed by atoms with Crippen LogP contribution in [0, 0.1) is 0 Å². The fraction of sp³-hybridized carbons (Fsp3) is 0.286. The molecule has 0 bridgehead atoms. The van der Waals surface area contributed by atoms with E-state index in [0.717, 1.165) is 10.1 Å². The lowest BCUT2D eigenvalue weighted by Gasteiger charge is -2.21. The van der Waals surface area contributed by atoms with Gasteiger partial charge in [-0.1, -0.05) is 49.4 Å². The Bertz CT molecular complexity index is 1060. The summed E-state index contributed by atoms with van der Waals surface area (Å²) < 4.78 is 40.9. The molecule has 1 N–H and O–H groups in total. The smallest absolute Gasteiger partial charge is 0.354 e. The molecule has 3 aromatic rings. The van der Waals surface area contributed by atoms with Gasteiger partial charge in [-0.3, -0.25) is 14.2 Å². The van der Waals surface area contributed by atoms with Gasteiger partial charge in [0.2, 0.25) is 11.6 Å². The molecule has 1 heterocycles. The third-order valence-electron chi connectivity index (χ3n) is 4.62. The van der Waals surface area contributed by atoms with Crippen LogP contribution in [0.3, 0.4) is 0 Å². The summed E-state index contributed by atoms with van der Waals surface area (Å²) in [6.07, 6.45) is -4.18. The number of carbonyl (C=O) groups is 1. The lowest BCUT2D eigenvalue weighted by atomic mass is 10.1. The molecular formula is C21H20F3N3O2. The van der Waals surface area contributed by atoms with E-state index in [2.05, 4.69) is 10.3 Å². The minimum Gasteiger partial charge on any atom is -0.354 e. The number of nitrogens with zero attached hydrogens (tertiary/aromatic N) is 2. The molecule has 0 fully saturated rings. The van der Waals surface area contributed by atoms with Crippen LogP contribution in [0.2, 0.25) is 0 Å². The minimum absolute atomic E-state index is 0.00922. The maximum absolute atomic E-state index is 13.3. The molecule has 2 aromatic carbocycles. The van der Waals surface area contributed by atoms with Gasteiger partial charge in [0.1, 0.15) is 6.04 Å². The topological polar surface area (TPSA) is 64.0 Å². The first-order valence-corrected chi connectivity index (χ1v) is 9.23. The molecule has 1 aromatic heterocycles. The molecule has 0 aliphatic rings. The van der Waals surface area contributed by atoms with Crippen molar-refractivity contribution in [3.63, 3.8) is 0 Å². The Hall–Kier alpha value is -3.16. The highest BCUT2D eigenvalue weighted by Gasteiger charge is 2.38. The number of benzene rings is 2. The molecule has 0 saturated heterocycles. The van der Waals surface area contributed by atoms with Crippen LogP contribution < -0.4 is 10.9 Å². The summed E-state index contributed by atoms with van der Waals surface area (Å²) in [4.78, 5) is 28.9. The van der Waals surface area contributed by atoms with Gasteiger partial charge in [-0.2, -0.15) is 13.2 Å². The number of aromatic nitrogens is 2. The molecule has 0 spiro atoms. The molecule has 5 nitrogen and oxygen atoms in total. The zero-order chi connectivity index (χ0) is 21.0. The Morgan fingerprint density at radius 2 is 1.76 bits per heavy atom. The SMILES string of the molecule is CCC(C(=O)NCCc1ccccc1)n1c(=O)c(C(F)(F)F)nc2ccccc21. The molecule has 8 heteroatoms. The van der Waals surface area contributed by atoms with Gasteiger partial charge in [-0.05, 0) is 30.5 Å². The molecule has 29 heavy (non-hydrogen) atoms. The molecule has 0 radical (unpaired) electrons. The molecular weight excluding hydrogens is 383 g/mol.